The van der Waals surface area contributed by atoms with Gasteiger partial charge in [-0.3, -0.25) is 0 Å². The third-order valence-electron chi connectivity index (χ3n) is 3.34. The van der Waals surface area contributed by atoms with Gasteiger partial charge in [0.1, 0.15) is 5.82 Å². The van der Waals surface area contributed by atoms with Crippen molar-refractivity contribution in [2.75, 3.05) is 6.61 Å². The van der Waals surface area contributed by atoms with Crippen molar-refractivity contribution in [2.24, 2.45) is 0 Å². The number of ether oxygens (including phenoxy) is 1. The van der Waals surface area contributed by atoms with E-state index in [1.807, 2.05) is 25.4 Å². The van der Waals surface area contributed by atoms with Gasteiger partial charge in [-0.1, -0.05) is 25.0 Å². The lowest BCUT2D eigenvalue weighted by molar-refractivity contribution is 0.288. The molecule has 0 aliphatic heterocycles. The van der Waals surface area contributed by atoms with Gasteiger partial charge < -0.3 is 14.4 Å². The van der Waals surface area contributed by atoms with E-state index < -0.39 is 0 Å². The molecule has 0 fully saturated rings. The van der Waals surface area contributed by atoms with E-state index >= 15 is 0 Å². The zero-order valence-electron chi connectivity index (χ0n) is 12.0. The summed E-state index contributed by atoms with van der Waals surface area (Å²) in [6.07, 6.45) is 8.36. The highest BCUT2D eigenvalue weighted by molar-refractivity contribution is 5.37. The molecule has 0 radical (unpaired) electrons. The number of rotatable bonds is 8. The van der Waals surface area contributed by atoms with Crippen LogP contribution in [0.2, 0.25) is 0 Å². The number of aromatic hydroxyl groups is 1. The number of unbranched alkanes of at least 4 members (excludes halogenated alkanes) is 3. The van der Waals surface area contributed by atoms with Crippen LogP contribution >= 0.6 is 0 Å². The zero-order valence-corrected chi connectivity index (χ0v) is 12.0. The van der Waals surface area contributed by atoms with Gasteiger partial charge in [0, 0.05) is 18.9 Å². The summed E-state index contributed by atoms with van der Waals surface area (Å²) >= 11 is 0. The third-order valence-corrected chi connectivity index (χ3v) is 3.34. The first kappa shape index (κ1) is 14.4. The molecule has 0 amide bonds. The van der Waals surface area contributed by atoms with Gasteiger partial charge in [0.25, 0.3) is 0 Å². The molecule has 0 aliphatic rings. The molecular formula is C16H22N2O2. The van der Waals surface area contributed by atoms with E-state index in [0.29, 0.717) is 12.4 Å². The predicted molar refractivity (Wildman–Crippen MR) is 79.0 cm³/mol. The number of aromatic nitrogens is 2. The van der Waals surface area contributed by atoms with Crippen molar-refractivity contribution >= 4 is 0 Å². The molecule has 0 atom stereocenters. The number of para-hydroxylation sites is 2. The molecule has 2 aromatic rings. The quantitative estimate of drug-likeness (QED) is 0.749. The molecule has 108 valence electrons. The lowest BCUT2D eigenvalue weighted by Gasteiger charge is -2.08. The maximum Gasteiger partial charge on any atom is 0.160 e. The highest BCUT2D eigenvalue weighted by Crippen LogP contribution is 2.24. The Hall–Kier alpha value is -1.97. The smallest absolute Gasteiger partial charge is 0.160 e. The summed E-state index contributed by atoms with van der Waals surface area (Å²) in [4.78, 5) is 4.21. The van der Waals surface area contributed by atoms with Gasteiger partial charge in [-0.2, -0.15) is 0 Å². The fourth-order valence-corrected chi connectivity index (χ4v) is 2.14. The van der Waals surface area contributed by atoms with Crippen LogP contribution in [0.3, 0.4) is 0 Å². The summed E-state index contributed by atoms with van der Waals surface area (Å²) < 4.78 is 7.72. The second-order valence-corrected chi connectivity index (χ2v) is 4.90. The Bertz CT molecular complexity index is 523. The van der Waals surface area contributed by atoms with Gasteiger partial charge in [0.05, 0.1) is 6.61 Å². The molecule has 1 heterocycles. The van der Waals surface area contributed by atoms with Gasteiger partial charge in [0.15, 0.2) is 11.5 Å². The maximum absolute atomic E-state index is 9.55. The Morgan fingerprint density at radius 2 is 1.95 bits per heavy atom. The van der Waals surface area contributed by atoms with E-state index in [2.05, 4.69) is 9.55 Å². The van der Waals surface area contributed by atoms with Crippen molar-refractivity contribution in [1.29, 1.82) is 0 Å². The standard InChI is InChI=1S/C16H22N2O2/c1-14-17-10-12-18(14)11-6-2-3-7-13-20-16-9-5-4-8-15(16)19/h4-5,8-10,12,19H,2-3,6-7,11,13H2,1H3. The molecule has 1 N–H and O–H groups in total. The number of hydrogen-bond acceptors (Lipinski definition) is 3. The van der Waals surface area contributed by atoms with Gasteiger partial charge >= 0.3 is 0 Å². The molecule has 1 aromatic heterocycles. The van der Waals surface area contributed by atoms with Crippen LogP contribution in [0, 0.1) is 6.92 Å². The third kappa shape index (κ3) is 4.30. The molecule has 20 heavy (non-hydrogen) atoms. The van der Waals surface area contributed by atoms with E-state index in [4.69, 9.17) is 4.74 Å². The summed E-state index contributed by atoms with van der Waals surface area (Å²) in [6.45, 7) is 3.72. The Morgan fingerprint density at radius 1 is 1.15 bits per heavy atom. The Labute approximate surface area is 120 Å². The van der Waals surface area contributed by atoms with Crippen LogP contribution in [0.5, 0.6) is 11.5 Å². The first-order valence-corrected chi connectivity index (χ1v) is 7.16. The number of imidazole rings is 1. The van der Waals surface area contributed by atoms with Gasteiger partial charge in [-0.25, -0.2) is 4.98 Å². The van der Waals surface area contributed by atoms with E-state index in [-0.39, 0.29) is 5.75 Å². The summed E-state index contributed by atoms with van der Waals surface area (Å²) in [5.41, 5.74) is 0. The van der Waals surface area contributed by atoms with E-state index in [1.165, 1.54) is 6.42 Å². The molecular weight excluding hydrogens is 252 g/mol. The Kier molecular flexibility index (Phi) is 5.47. The number of nitrogens with zero attached hydrogens (tertiary/aromatic N) is 2. The summed E-state index contributed by atoms with van der Waals surface area (Å²) in [6, 6.07) is 7.09. The van der Waals surface area contributed by atoms with Crippen LogP contribution in [-0.2, 0) is 6.54 Å². The minimum absolute atomic E-state index is 0.211. The number of aryl methyl sites for hydroxylation is 2. The van der Waals surface area contributed by atoms with Crippen molar-refractivity contribution < 1.29 is 9.84 Å². The van der Waals surface area contributed by atoms with Crippen LogP contribution in [0.4, 0.5) is 0 Å². The second kappa shape index (κ2) is 7.58. The van der Waals surface area contributed by atoms with Gasteiger partial charge in [-0.05, 0) is 31.9 Å². The fraction of sp³-hybridized carbons (Fsp3) is 0.438. The van der Waals surface area contributed by atoms with E-state index in [9.17, 15) is 5.11 Å². The molecule has 1 aromatic carbocycles. The Morgan fingerprint density at radius 3 is 2.70 bits per heavy atom. The number of hydrogen-bond donors (Lipinski definition) is 1. The van der Waals surface area contributed by atoms with Gasteiger partial charge in [0.2, 0.25) is 0 Å². The fourth-order valence-electron chi connectivity index (χ4n) is 2.14. The molecule has 4 nitrogen and oxygen atoms in total. The van der Waals surface area contributed by atoms with Crippen molar-refractivity contribution in [3.8, 4) is 11.5 Å². The molecule has 0 aliphatic carbocycles. The molecule has 0 unspecified atom stereocenters. The largest absolute Gasteiger partial charge is 0.504 e. The second-order valence-electron chi connectivity index (χ2n) is 4.90. The van der Waals surface area contributed by atoms with Crippen LogP contribution in [-0.4, -0.2) is 21.3 Å². The molecule has 0 saturated heterocycles. The number of phenols is 1. The minimum atomic E-state index is 0.211. The van der Waals surface area contributed by atoms with Gasteiger partial charge in [-0.15, -0.1) is 0 Å². The predicted octanol–water partition coefficient (Wildman–Crippen LogP) is 3.54. The molecule has 0 bridgehead atoms. The van der Waals surface area contributed by atoms with Crippen molar-refractivity contribution in [3.63, 3.8) is 0 Å². The first-order valence-electron chi connectivity index (χ1n) is 7.16. The maximum atomic E-state index is 9.55. The highest BCUT2D eigenvalue weighted by atomic mass is 16.5. The molecule has 2 rings (SSSR count). The SMILES string of the molecule is Cc1nccn1CCCCCCOc1ccccc1O. The monoisotopic (exact) mass is 274 g/mol. The highest BCUT2D eigenvalue weighted by Gasteiger charge is 2.00. The van der Waals surface area contributed by atoms with Crippen molar-refractivity contribution in [2.45, 2.75) is 39.2 Å². The van der Waals surface area contributed by atoms with Crippen LogP contribution in [0.25, 0.3) is 0 Å². The lowest BCUT2D eigenvalue weighted by atomic mass is 10.2. The summed E-state index contributed by atoms with van der Waals surface area (Å²) in [7, 11) is 0. The topological polar surface area (TPSA) is 47.3 Å². The zero-order chi connectivity index (χ0) is 14.2. The normalized spacial score (nSPS) is 10.7. The Balaban J connectivity index is 1.54. The van der Waals surface area contributed by atoms with Crippen molar-refractivity contribution in [1.82, 2.24) is 9.55 Å². The first-order chi connectivity index (χ1) is 9.77. The molecule has 0 saturated carbocycles. The van der Waals surface area contributed by atoms with E-state index in [1.54, 1.807) is 18.2 Å². The number of phenolic OH excluding ortho intramolecular Hbond substituents is 1. The molecule has 0 spiro atoms. The lowest BCUT2D eigenvalue weighted by Crippen LogP contribution is -2.00. The van der Waals surface area contributed by atoms with E-state index in [0.717, 1.165) is 31.6 Å². The van der Waals surface area contributed by atoms with Crippen LogP contribution < -0.4 is 4.74 Å². The van der Waals surface area contributed by atoms with Crippen LogP contribution in [0.1, 0.15) is 31.5 Å². The average Bonchev–Trinajstić information content (AvgIpc) is 2.85. The van der Waals surface area contributed by atoms with Crippen molar-refractivity contribution in [3.05, 3.63) is 42.5 Å². The summed E-state index contributed by atoms with van der Waals surface area (Å²) in [5, 5.41) is 9.55. The average molecular weight is 274 g/mol. The minimum Gasteiger partial charge on any atom is -0.504 e. The number of benzene rings is 1. The summed E-state index contributed by atoms with van der Waals surface area (Å²) in [5.74, 6) is 1.86. The molecule has 4 heteroatoms. The van der Waals surface area contributed by atoms with Crippen LogP contribution in [0.15, 0.2) is 36.7 Å².